The summed E-state index contributed by atoms with van der Waals surface area (Å²) < 4.78 is 1.88. The van der Waals surface area contributed by atoms with Crippen LogP contribution < -0.4 is 0 Å². The summed E-state index contributed by atoms with van der Waals surface area (Å²) in [7, 11) is 0. The van der Waals surface area contributed by atoms with Crippen LogP contribution in [0.2, 0.25) is 0 Å². The predicted molar refractivity (Wildman–Crippen MR) is 138 cm³/mol. The highest BCUT2D eigenvalue weighted by Gasteiger charge is 2.23. The molecule has 1 aliphatic rings. The van der Waals surface area contributed by atoms with Crippen molar-refractivity contribution in [1.29, 1.82) is 0 Å². The van der Waals surface area contributed by atoms with Crippen molar-refractivity contribution in [2.24, 2.45) is 0 Å². The first-order valence-corrected chi connectivity index (χ1v) is 13.0. The molecule has 0 amide bonds. The number of likely N-dealkylation sites (tertiary alicyclic amines) is 1. The summed E-state index contributed by atoms with van der Waals surface area (Å²) in [6, 6.07) is 9.29. The van der Waals surface area contributed by atoms with Gasteiger partial charge in [0, 0.05) is 40.3 Å². The second kappa shape index (κ2) is 8.64. The molecular formula is C27H30N6S. The topological polar surface area (TPSA) is 62.1 Å². The Bertz CT molecular complexity index is 1440. The molecular weight excluding hydrogens is 440 g/mol. The Balaban J connectivity index is 1.31. The third-order valence-electron chi connectivity index (χ3n) is 7.21. The Morgan fingerprint density at radius 2 is 2.03 bits per heavy atom. The van der Waals surface area contributed by atoms with Crippen molar-refractivity contribution in [1.82, 2.24) is 29.5 Å². The lowest BCUT2D eigenvalue weighted by Crippen LogP contribution is -2.32. The number of thiazole rings is 1. The molecule has 0 atom stereocenters. The zero-order chi connectivity index (χ0) is 23.2. The van der Waals surface area contributed by atoms with Gasteiger partial charge < -0.3 is 4.98 Å². The van der Waals surface area contributed by atoms with Crippen molar-refractivity contribution in [3.63, 3.8) is 0 Å². The SMILES string of the molecule is Cc1cc(-c2[nH]c3ccc(C4CCN(Cc5cncs5)CC4)cc3c2C(C)C)cn2ncnc12. The van der Waals surface area contributed by atoms with Crippen LogP contribution >= 0.6 is 11.3 Å². The molecule has 5 aromatic rings. The molecule has 1 aliphatic heterocycles. The zero-order valence-corrected chi connectivity index (χ0v) is 20.8. The summed E-state index contributed by atoms with van der Waals surface area (Å²) >= 11 is 1.76. The number of aromatic amines is 1. The highest BCUT2D eigenvalue weighted by Crippen LogP contribution is 2.38. The van der Waals surface area contributed by atoms with E-state index in [-0.39, 0.29) is 0 Å². The highest BCUT2D eigenvalue weighted by atomic mass is 32.1. The van der Waals surface area contributed by atoms with Crippen molar-refractivity contribution < 1.29 is 0 Å². The monoisotopic (exact) mass is 470 g/mol. The number of hydrogen-bond acceptors (Lipinski definition) is 5. The summed E-state index contributed by atoms with van der Waals surface area (Å²) in [6.07, 6.45) is 8.13. The molecule has 1 aromatic carbocycles. The van der Waals surface area contributed by atoms with E-state index in [2.05, 4.69) is 76.2 Å². The minimum Gasteiger partial charge on any atom is -0.354 e. The average molecular weight is 471 g/mol. The van der Waals surface area contributed by atoms with Crippen molar-refractivity contribution in [3.8, 4) is 11.3 Å². The van der Waals surface area contributed by atoms with E-state index in [0.29, 0.717) is 11.8 Å². The van der Waals surface area contributed by atoms with Gasteiger partial charge >= 0.3 is 0 Å². The van der Waals surface area contributed by atoms with Gasteiger partial charge in [0.25, 0.3) is 0 Å². The molecule has 34 heavy (non-hydrogen) atoms. The molecule has 0 spiro atoms. The van der Waals surface area contributed by atoms with Crippen molar-refractivity contribution >= 4 is 27.9 Å². The summed E-state index contributed by atoms with van der Waals surface area (Å²) in [4.78, 5) is 16.3. The number of rotatable bonds is 5. The number of nitrogens with one attached hydrogen (secondary N) is 1. The maximum atomic E-state index is 4.38. The number of piperidine rings is 1. The van der Waals surface area contributed by atoms with Crippen LogP contribution in [0.3, 0.4) is 0 Å². The standard InChI is InChI=1S/C27H30N6S/c1-17(2)25-23-11-20(19-6-8-32(9-7-19)14-22-12-28-16-34-22)4-5-24(23)31-26(25)21-10-18(3)27-29-15-30-33(27)13-21/h4-5,10-13,15-17,19,31H,6-9,14H2,1-3H3. The molecule has 0 radical (unpaired) electrons. The second-order valence-electron chi connectivity index (χ2n) is 9.83. The number of nitrogens with zero attached hydrogens (tertiary/aromatic N) is 5. The number of aryl methyl sites for hydroxylation is 1. The van der Waals surface area contributed by atoms with Crippen molar-refractivity contribution in [2.45, 2.75) is 52.0 Å². The number of aromatic nitrogens is 5. The van der Waals surface area contributed by atoms with Gasteiger partial charge in [-0.05, 0) is 79.6 Å². The van der Waals surface area contributed by atoms with Gasteiger partial charge in [-0.3, -0.25) is 9.88 Å². The van der Waals surface area contributed by atoms with Crippen LogP contribution in [0, 0.1) is 6.92 Å². The first-order valence-electron chi connectivity index (χ1n) is 12.1. The molecule has 7 heteroatoms. The van der Waals surface area contributed by atoms with E-state index >= 15 is 0 Å². The molecule has 0 aliphatic carbocycles. The Morgan fingerprint density at radius 3 is 2.79 bits per heavy atom. The van der Waals surface area contributed by atoms with Crippen LogP contribution in [-0.4, -0.2) is 42.6 Å². The lowest BCUT2D eigenvalue weighted by atomic mass is 9.87. The van der Waals surface area contributed by atoms with Gasteiger partial charge in [-0.1, -0.05) is 19.9 Å². The molecule has 5 heterocycles. The van der Waals surface area contributed by atoms with E-state index in [1.165, 1.54) is 45.4 Å². The fourth-order valence-electron chi connectivity index (χ4n) is 5.51. The maximum absolute atomic E-state index is 4.38. The molecule has 0 bridgehead atoms. The minimum atomic E-state index is 0.409. The van der Waals surface area contributed by atoms with Crippen LogP contribution in [0.5, 0.6) is 0 Å². The van der Waals surface area contributed by atoms with Gasteiger partial charge in [0.05, 0.1) is 11.2 Å². The second-order valence-corrected chi connectivity index (χ2v) is 10.8. The zero-order valence-electron chi connectivity index (χ0n) is 20.0. The molecule has 1 fully saturated rings. The van der Waals surface area contributed by atoms with Crippen LogP contribution in [0.1, 0.15) is 60.1 Å². The highest BCUT2D eigenvalue weighted by molar-refractivity contribution is 7.09. The minimum absolute atomic E-state index is 0.409. The number of fused-ring (bicyclic) bond motifs is 2. The fraction of sp³-hybridized carbons (Fsp3) is 0.370. The molecule has 6 rings (SSSR count). The van der Waals surface area contributed by atoms with Crippen LogP contribution in [0.4, 0.5) is 0 Å². The summed E-state index contributed by atoms with van der Waals surface area (Å²) in [5, 5.41) is 5.74. The van der Waals surface area contributed by atoms with Crippen molar-refractivity contribution in [3.05, 3.63) is 70.1 Å². The Labute approximate surface area is 203 Å². The van der Waals surface area contributed by atoms with Gasteiger partial charge in [-0.2, -0.15) is 5.10 Å². The molecule has 174 valence electrons. The smallest absolute Gasteiger partial charge is 0.158 e. The first-order chi connectivity index (χ1) is 16.6. The van der Waals surface area contributed by atoms with Crippen LogP contribution in [-0.2, 0) is 6.54 Å². The number of benzene rings is 1. The van der Waals surface area contributed by atoms with E-state index in [1.807, 2.05) is 16.2 Å². The van der Waals surface area contributed by atoms with Gasteiger partial charge in [0.2, 0.25) is 0 Å². The Hall–Kier alpha value is -3.03. The lowest BCUT2D eigenvalue weighted by Gasteiger charge is -2.31. The number of hydrogen-bond donors (Lipinski definition) is 1. The fourth-order valence-corrected chi connectivity index (χ4v) is 6.14. The van der Waals surface area contributed by atoms with Gasteiger partial charge in [-0.15, -0.1) is 11.3 Å². The first kappa shape index (κ1) is 21.5. The van der Waals surface area contributed by atoms with Crippen LogP contribution in [0.25, 0.3) is 27.8 Å². The normalized spacial score (nSPS) is 15.8. The summed E-state index contributed by atoms with van der Waals surface area (Å²) in [5.41, 5.74) is 10.4. The number of H-pyrrole nitrogens is 1. The third-order valence-corrected chi connectivity index (χ3v) is 7.97. The molecule has 0 saturated carbocycles. The van der Waals surface area contributed by atoms with Gasteiger partial charge in [0.1, 0.15) is 6.33 Å². The molecule has 0 unspecified atom stereocenters. The third kappa shape index (κ3) is 3.83. The van der Waals surface area contributed by atoms with E-state index < -0.39 is 0 Å². The van der Waals surface area contributed by atoms with E-state index in [9.17, 15) is 0 Å². The summed E-state index contributed by atoms with van der Waals surface area (Å²) in [5.74, 6) is 1.03. The van der Waals surface area contributed by atoms with Crippen molar-refractivity contribution in [2.75, 3.05) is 13.1 Å². The van der Waals surface area contributed by atoms with Gasteiger partial charge in [-0.25, -0.2) is 9.50 Å². The predicted octanol–water partition coefficient (Wildman–Crippen LogP) is 6.15. The Kier molecular flexibility index (Phi) is 5.46. The molecule has 1 saturated heterocycles. The quantitative estimate of drug-likeness (QED) is 0.335. The maximum Gasteiger partial charge on any atom is 0.158 e. The average Bonchev–Trinajstić information content (AvgIpc) is 3.58. The molecule has 1 N–H and O–H groups in total. The number of pyridine rings is 1. The van der Waals surface area contributed by atoms with Gasteiger partial charge in [0.15, 0.2) is 5.65 Å². The van der Waals surface area contributed by atoms with E-state index in [1.54, 1.807) is 17.7 Å². The molecule has 6 nitrogen and oxygen atoms in total. The largest absolute Gasteiger partial charge is 0.354 e. The lowest BCUT2D eigenvalue weighted by molar-refractivity contribution is 0.206. The van der Waals surface area contributed by atoms with E-state index in [4.69, 9.17) is 0 Å². The summed E-state index contributed by atoms with van der Waals surface area (Å²) in [6.45, 7) is 10.0. The van der Waals surface area contributed by atoms with E-state index in [0.717, 1.165) is 36.4 Å². The Morgan fingerprint density at radius 1 is 1.18 bits per heavy atom. The van der Waals surface area contributed by atoms with Crippen LogP contribution in [0.15, 0.2) is 48.5 Å². The molecule has 4 aromatic heterocycles.